The van der Waals surface area contributed by atoms with Crippen molar-refractivity contribution in [2.75, 3.05) is 50.1 Å². The molecule has 194 valence electrons. The summed E-state index contributed by atoms with van der Waals surface area (Å²) in [5, 5.41) is 20.2. The van der Waals surface area contributed by atoms with Crippen molar-refractivity contribution in [1.29, 1.82) is 5.26 Å². The Morgan fingerprint density at radius 3 is 2.58 bits per heavy atom. The molecule has 0 bridgehead atoms. The first-order valence-electron chi connectivity index (χ1n) is 12.4. The smallest absolute Gasteiger partial charge is 0.411 e. The van der Waals surface area contributed by atoms with Crippen molar-refractivity contribution in [2.24, 2.45) is 0 Å². The van der Waals surface area contributed by atoms with Gasteiger partial charge in [0.15, 0.2) is 0 Å². The van der Waals surface area contributed by atoms with Gasteiger partial charge in [0, 0.05) is 30.9 Å². The zero-order valence-corrected chi connectivity index (χ0v) is 21.0. The van der Waals surface area contributed by atoms with E-state index in [4.69, 9.17) is 14.2 Å². The van der Waals surface area contributed by atoms with Gasteiger partial charge in [-0.3, -0.25) is 10.2 Å². The van der Waals surface area contributed by atoms with Crippen LogP contribution in [0.2, 0.25) is 0 Å². The largest absolute Gasteiger partial charge is 0.457 e. The molecule has 0 saturated carbocycles. The Kier molecular flexibility index (Phi) is 7.68. The molecule has 10 heteroatoms. The van der Waals surface area contributed by atoms with Crippen molar-refractivity contribution < 1.29 is 19.0 Å². The molecule has 5 rings (SSSR count). The van der Waals surface area contributed by atoms with Crippen LogP contribution >= 0.6 is 0 Å². The van der Waals surface area contributed by atoms with E-state index in [0.717, 1.165) is 30.1 Å². The van der Waals surface area contributed by atoms with Gasteiger partial charge in [0.05, 0.1) is 48.1 Å². The number of nitrogens with one attached hydrogen (secondary N) is 2. The van der Waals surface area contributed by atoms with Crippen molar-refractivity contribution in [1.82, 2.24) is 14.5 Å². The van der Waals surface area contributed by atoms with Gasteiger partial charge in [0.1, 0.15) is 24.2 Å². The second-order valence-corrected chi connectivity index (χ2v) is 8.79. The predicted molar refractivity (Wildman–Crippen MR) is 143 cm³/mol. The number of carbonyl (C=O) groups is 1. The highest BCUT2D eigenvalue weighted by atomic mass is 16.5. The molecule has 0 radical (unpaired) electrons. The summed E-state index contributed by atoms with van der Waals surface area (Å²) in [6.45, 7) is 5.87. The quantitative estimate of drug-likeness (QED) is 0.342. The molecule has 38 heavy (non-hydrogen) atoms. The number of carbonyl (C=O) groups excluding carboxylic acids is 1. The van der Waals surface area contributed by atoms with E-state index in [1.165, 1.54) is 6.20 Å². The maximum Gasteiger partial charge on any atom is 0.411 e. The lowest BCUT2D eigenvalue weighted by molar-refractivity contribution is 0.0290. The second-order valence-electron chi connectivity index (χ2n) is 8.79. The Morgan fingerprint density at radius 1 is 1.11 bits per heavy atom. The molecule has 10 nitrogen and oxygen atoms in total. The van der Waals surface area contributed by atoms with Crippen molar-refractivity contribution in [2.45, 2.75) is 6.92 Å². The van der Waals surface area contributed by atoms with Crippen molar-refractivity contribution in [3.05, 3.63) is 78.1 Å². The van der Waals surface area contributed by atoms with Gasteiger partial charge in [-0.1, -0.05) is 18.2 Å². The molecule has 0 unspecified atom stereocenters. The van der Waals surface area contributed by atoms with Gasteiger partial charge in [-0.25, -0.2) is 9.31 Å². The number of nitriles is 1. The third-order valence-electron chi connectivity index (χ3n) is 6.26. The monoisotopic (exact) mass is 512 g/mol. The topological polar surface area (TPSA) is 113 Å². The van der Waals surface area contributed by atoms with E-state index in [1.54, 1.807) is 10.7 Å². The summed E-state index contributed by atoms with van der Waals surface area (Å²) in [4.78, 5) is 14.7. The van der Waals surface area contributed by atoms with Crippen LogP contribution in [-0.2, 0) is 9.47 Å². The number of anilines is 3. The summed E-state index contributed by atoms with van der Waals surface area (Å²) in [6.07, 6.45) is 2.66. The molecule has 0 atom stereocenters. The summed E-state index contributed by atoms with van der Waals surface area (Å²) in [5.41, 5.74) is 3.73. The maximum absolute atomic E-state index is 12.5. The Balaban J connectivity index is 1.29. The molecule has 0 spiro atoms. The minimum absolute atomic E-state index is 0.284. The summed E-state index contributed by atoms with van der Waals surface area (Å²) in [5.74, 6) is 1.44. The number of amides is 1. The standard InChI is InChI=1S/C28H28N6O4/c1-20-25(32-28(35)37-16-13-33-11-14-36-15-12-33)19-34-27(20)26(21(17-29)18-30-34)31-22-7-9-24(10-8-22)38-23-5-3-2-4-6-23/h2-10,18-19,31H,11-16H2,1H3,(H,32,35). The lowest BCUT2D eigenvalue weighted by Crippen LogP contribution is -2.38. The van der Waals surface area contributed by atoms with Gasteiger partial charge < -0.3 is 19.5 Å². The first-order valence-corrected chi connectivity index (χ1v) is 12.4. The van der Waals surface area contributed by atoms with Crippen LogP contribution in [0.4, 0.5) is 21.9 Å². The number of nitrogens with zero attached hydrogens (tertiary/aromatic N) is 4. The molecule has 1 aliphatic heterocycles. The Hall–Kier alpha value is -4.59. The number of fused-ring (bicyclic) bond motifs is 1. The molecule has 2 aromatic carbocycles. The van der Waals surface area contributed by atoms with Gasteiger partial charge in [-0.05, 0) is 43.3 Å². The van der Waals surface area contributed by atoms with Crippen LogP contribution in [0.1, 0.15) is 11.1 Å². The third kappa shape index (κ3) is 5.86. The maximum atomic E-state index is 12.5. The summed E-state index contributed by atoms with van der Waals surface area (Å²) in [7, 11) is 0. The molecular weight excluding hydrogens is 484 g/mol. The van der Waals surface area contributed by atoms with Crippen LogP contribution < -0.4 is 15.4 Å². The van der Waals surface area contributed by atoms with Gasteiger partial charge in [-0.15, -0.1) is 0 Å². The molecule has 1 aliphatic rings. The number of benzene rings is 2. The van der Waals surface area contributed by atoms with Crippen molar-refractivity contribution >= 4 is 28.7 Å². The van der Waals surface area contributed by atoms with E-state index in [-0.39, 0.29) is 6.61 Å². The number of morpholine rings is 1. The number of hydrogen-bond acceptors (Lipinski definition) is 8. The van der Waals surface area contributed by atoms with Crippen LogP contribution in [0.3, 0.4) is 0 Å². The van der Waals surface area contributed by atoms with Gasteiger partial charge in [-0.2, -0.15) is 10.4 Å². The molecule has 2 N–H and O–H groups in total. The molecule has 0 aliphatic carbocycles. The van der Waals surface area contributed by atoms with Crippen LogP contribution in [0, 0.1) is 18.3 Å². The normalized spacial score (nSPS) is 13.6. The minimum Gasteiger partial charge on any atom is -0.457 e. The van der Waals surface area contributed by atoms with E-state index in [0.29, 0.717) is 48.0 Å². The zero-order chi connectivity index (χ0) is 26.3. The van der Waals surface area contributed by atoms with Crippen LogP contribution in [0.5, 0.6) is 11.5 Å². The fraction of sp³-hybridized carbons (Fsp3) is 0.250. The number of para-hydroxylation sites is 1. The van der Waals surface area contributed by atoms with Crippen LogP contribution in [0.15, 0.2) is 67.0 Å². The average molecular weight is 513 g/mol. The minimum atomic E-state index is -0.540. The van der Waals surface area contributed by atoms with E-state index in [9.17, 15) is 10.1 Å². The summed E-state index contributed by atoms with van der Waals surface area (Å²) >= 11 is 0. The number of rotatable bonds is 8. The van der Waals surface area contributed by atoms with E-state index in [1.807, 2.05) is 61.5 Å². The first kappa shape index (κ1) is 25.1. The fourth-order valence-corrected chi connectivity index (χ4v) is 4.24. The van der Waals surface area contributed by atoms with Crippen LogP contribution in [0.25, 0.3) is 5.52 Å². The second kappa shape index (κ2) is 11.6. The van der Waals surface area contributed by atoms with Crippen LogP contribution in [-0.4, -0.2) is 60.1 Å². The summed E-state index contributed by atoms with van der Waals surface area (Å²) in [6, 6.07) is 19.2. The Bertz CT molecular complexity index is 1440. The highest BCUT2D eigenvalue weighted by Crippen LogP contribution is 2.33. The SMILES string of the molecule is Cc1c(NC(=O)OCCN2CCOCC2)cn2ncc(C#N)c(Nc3ccc(Oc4ccccc4)cc3)c12. The number of aryl methyl sites for hydroxylation is 1. The average Bonchev–Trinajstić information content (AvgIpc) is 3.26. The molecule has 1 saturated heterocycles. The number of hydrogen-bond donors (Lipinski definition) is 2. The predicted octanol–water partition coefficient (Wildman–Crippen LogP) is 4.93. The highest BCUT2D eigenvalue weighted by molar-refractivity contribution is 5.92. The van der Waals surface area contributed by atoms with Gasteiger partial charge >= 0.3 is 6.09 Å². The summed E-state index contributed by atoms with van der Waals surface area (Å²) < 4.78 is 18.2. The highest BCUT2D eigenvalue weighted by Gasteiger charge is 2.18. The molecule has 1 fully saturated rings. The molecule has 2 aromatic heterocycles. The van der Waals surface area contributed by atoms with E-state index < -0.39 is 6.09 Å². The van der Waals surface area contributed by atoms with E-state index >= 15 is 0 Å². The lowest BCUT2D eigenvalue weighted by atomic mass is 10.1. The Labute approximate surface area is 220 Å². The number of aromatic nitrogens is 2. The van der Waals surface area contributed by atoms with Crippen molar-refractivity contribution in [3.8, 4) is 17.6 Å². The van der Waals surface area contributed by atoms with Crippen molar-refractivity contribution in [3.63, 3.8) is 0 Å². The number of ether oxygens (including phenoxy) is 3. The third-order valence-corrected chi connectivity index (χ3v) is 6.26. The molecule has 1 amide bonds. The van der Waals surface area contributed by atoms with E-state index in [2.05, 4.69) is 26.7 Å². The lowest BCUT2D eigenvalue weighted by Gasteiger charge is -2.26. The van der Waals surface area contributed by atoms with Gasteiger partial charge in [0.2, 0.25) is 0 Å². The molecular formula is C28H28N6O4. The molecule has 3 heterocycles. The fourth-order valence-electron chi connectivity index (χ4n) is 4.24. The van der Waals surface area contributed by atoms with Gasteiger partial charge in [0.25, 0.3) is 0 Å². The molecule has 4 aromatic rings. The first-order chi connectivity index (χ1) is 18.6. The zero-order valence-electron chi connectivity index (χ0n) is 21.0. The Morgan fingerprint density at radius 2 is 1.84 bits per heavy atom.